The molecular formula is C21H26O5. The van der Waals surface area contributed by atoms with Gasteiger partial charge < -0.3 is 14.6 Å². The summed E-state index contributed by atoms with van der Waals surface area (Å²) in [5.41, 5.74) is 1.54. The Labute approximate surface area is 153 Å². The zero-order valence-electron chi connectivity index (χ0n) is 15.8. The van der Waals surface area contributed by atoms with Gasteiger partial charge in [-0.05, 0) is 38.7 Å². The molecule has 0 saturated heterocycles. The lowest BCUT2D eigenvalue weighted by atomic mass is 9.93. The van der Waals surface area contributed by atoms with E-state index >= 15 is 0 Å². The Morgan fingerprint density at radius 2 is 1.85 bits per heavy atom. The van der Waals surface area contributed by atoms with Gasteiger partial charge in [-0.15, -0.1) is 0 Å². The molecule has 0 aliphatic carbocycles. The molecule has 2 aromatic rings. The highest BCUT2D eigenvalue weighted by molar-refractivity contribution is 6.08. The van der Waals surface area contributed by atoms with E-state index in [9.17, 15) is 19.8 Å². The fourth-order valence-corrected chi connectivity index (χ4v) is 3.09. The van der Waals surface area contributed by atoms with Gasteiger partial charge in [-0.2, -0.15) is 0 Å². The zero-order valence-corrected chi connectivity index (χ0v) is 15.8. The van der Waals surface area contributed by atoms with Crippen LogP contribution in [0.15, 0.2) is 26.9 Å². The summed E-state index contributed by atoms with van der Waals surface area (Å²) in [5.74, 6) is -0.927. The number of benzene rings is 1. The molecule has 26 heavy (non-hydrogen) atoms. The second kappa shape index (κ2) is 8.21. The van der Waals surface area contributed by atoms with Crippen LogP contribution in [0.4, 0.5) is 0 Å². The molecule has 0 radical (unpaired) electrons. The van der Waals surface area contributed by atoms with Gasteiger partial charge in [0, 0.05) is 18.1 Å². The molecule has 1 heterocycles. The third kappa shape index (κ3) is 3.82. The molecule has 5 heteroatoms. The molecule has 0 bridgehead atoms. The number of carbonyl (C=O) groups excluding carboxylic acids is 1. The van der Waals surface area contributed by atoms with Crippen molar-refractivity contribution in [3.63, 3.8) is 0 Å². The highest BCUT2D eigenvalue weighted by Gasteiger charge is 2.26. The number of phenolic OH excluding ortho intramolecular Hbond substituents is 2. The molecule has 0 aliphatic heterocycles. The van der Waals surface area contributed by atoms with Gasteiger partial charge in [0.15, 0.2) is 5.78 Å². The van der Waals surface area contributed by atoms with E-state index in [-0.39, 0.29) is 34.8 Å². The molecule has 0 saturated carbocycles. The van der Waals surface area contributed by atoms with Crippen LogP contribution in [-0.2, 0) is 12.8 Å². The maximum absolute atomic E-state index is 12.5. The van der Waals surface area contributed by atoms with Gasteiger partial charge >= 0.3 is 5.63 Å². The lowest BCUT2D eigenvalue weighted by Gasteiger charge is -2.16. The molecule has 1 aromatic heterocycles. The van der Waals surface area contributed by atoms with E-state index in [4.69, 9.17) is 4.42 Å². The molecule has 0 unspecified atom stereocenters. The highest BCUT2D eigenvalue weighted by atomic mass is 16.4. The number of carbonyl (C=O) groups is 1. The Morgan fingerprint density at radius 3 is 2.42 bits per heavy atom. The Kier molecular flexibility index (Phi) is 6.24. The minimum atomic E-state index is -0.536. The summed E-state index contributed by atoms with van der Waals surface area (Å²) in [7, 11) is 0. The van der Waals surface area contributed by atoms with Crippen LogP contribution in [0, 0.1) is 0 Å². The molecule has 0 atom stereocenters. The van der Waals surface area contributed by atoms with Crippen molar-refractivity contribution in [2.24, 2.45) is 0 Å². The first-order chi connectivity index (χ1) is 12.3. The number of rotatable bonds is 7. The van der Waals surface area contributed by atoms with Crippen molar-refractivity contribution in [3.05, 3.63) is 44.8 Å². The number of aromatic hydroxyl groups is 2. The highest BCUT2D eigenvalue weighted by Crippen LogP contribution is 2.42. The van der Waals surface area contributed by atoms with Gasteiger partial charge in [-0.3, -0.25) is 4.79 Å². The zero-order chi connectivity index (χ0) is 19.4. The van der Waals surface area contributed by atoms with Crippen molar-refractivity contribution in [2.75, 3.05) is 0 Å². The number of phenols is 2. The van der Waals surface area contributed by atoms with E-state index in [0.29, 0.717) is 35.8 Å². The topological polar surface area (TPSA) is 87.7 Å². The van der Waals surface area contributed by atoms with E-state index in [2.05, 4.69) is 0 Å². The Balaban J connectivity index is 2.95. The number of fused-ring (bicyclic) bond motifs is 1. The van der Waals surface area contributed by atoms with Crippen molar-refractivity contribution >= 4 is 16.8 Å². The van der Waals surface area contributed by atoms with Crippen molar-refractivity contribution < 1.29 is 19.4 Å². The second-order valence-electron chi connectivity index (χ2n) is 6.75. The van der Waals surface area contributed by atoms with Crippen molar-refractivity contribution in [3.8, 4) is 11.5 Å². The summed E-state index contributed by atoms with van der Waals surface area (Å²) < 4.78 is 5.35. The van der Waals surface area contributed by atoms with E-state index in [0.717, 1.165) is 12.0 Å². The first kappa shape index (κ1) is 19.8. The number of Topliss-reactive ketones (excluding diaryl/α,β-unsaturated/α-hetero) is 1. The standard InChI is InChI=1S/C21H26O5/c1-5-7-13-11-16(23)26-21-14(10-9-12(3)4)19(24)18(15(22)8-6-2)20(25)17(13)21/h9,11,24-25H,5-8,10H2,1-4H3. The summed E-state index contributed by atoms with van der Waals surface area (Å²) in [6.07, 6.45) is 4.33. The van der Waals surface area contributed by atoms with Crippen LogP contribution in [0.5, 0.6) is 11.5 Å². The monoisotopic (exact) mass is 358 g/mol. The predicted molar refractivity (Wildman–Crippen MR) is 102 cm³/mol. The van der Waals surface area contributed by atoms with Crippen molar-refractivity contribution in [2.45, 2.75) is 59.8 Å². The first-order valence-corrected chi connectivity index (χ1v) is 9.01. The molecular weight excluding hydrogens is 332 g/mol. The lowest BCUT2D eigenvalue weighted by molar-refractivity contribution is 0.0976. The molecule has 2 N–H and O–H groups in total. The Bertz CT molecular complexity index is 914. The van der Waals surface area contributed by atoms with Crippen LogP contribution in [0.25, 0.3) is 11.0 Å². The fraction of sp³-hybridized carbons (Fsp3) is 0.429. The van der Waals surface area contributed by atoms with E-state index in [1.807, 2.05) is 33.8 Å². The summed E-state index contributed by atoms with van der Waals surface area (Å²) in [6.45, 7) is 7.66. The third-order valence-corrected chi connectivity index (χ3v) is 4.30. The quantitative estimate of drug-likeness (QED) is 0.427. The molecule has 0 aliphatic rings. The molecule has 5 nitrogen and oxygen atoms in total. The molecule has 2 rings (SSSR count). The average Bonchev–Trinajstić information content (AvgIpc) is 2.54. The molecule has 140 valence electrons. The second-order valence-corrected chi connectivity index (χ2v) is 6.75. The van der Waals surface area contributed by atoms with E-state index < -0.39 is 5.63 Å². The van der Waals surface area contributed by atoms with Gasteiger partial charge in [0.05, 0.1) is 5.39 Å². The summed E-state index contributed by atoms with van der Waals surface area (Å²) in [4.78, 5) is 24.5. The van der Waals surface area contributed by atoms with Gasteiger partial charge in [-0.25, -0.2) is 4.79 Å². The number of allylic oxidation sites excluding steroid dienone is 2. The molecule has 0 fully saturated rings. The largest absolute Gasteiger partial charge is 0.507 e. The summed E-state index contributed by atoms with van der Waals surface area (Å²) >= 11 is 0. The molecule has 0 spiro atoms. The van der Waals surface area contributed by atoms with Crippen LogP contribution >= 0.6 is 0 Å². The van der Waals surface area contributed by atoms with E-state index in [1.165, 1.54) is 6.07 Å². The van der Waals surface area contributed by atoms with Gasteiger partial charge in [0.1, 0.15) is 22.6 Å². The number of ketones is 1. The first-order valence-electron chi connectivity index (χ1n) is 9.01. The SMILES string of the molecule is CCCC(=O)c1c(O)c(CC=C(C)C)c2oc(=O)cc(CCC)c2c1O. The van der Waals surface area contributed by atoms with Crippen molar-refractivity contribution in [1.29, 1.82) is 0 Å². The third-order valence-electron chi connectivity index (χ3n) is 4.30. The van der Waals surface area contributed by atoms with Gasteiger partial charge in [-0.1, -0.05) is 31.9 Å². The predicted octanol–water partition coefficient (Wildman–Crippen LogP) is 4.65. The van der Waals surface area contributed by atoms with Crippen LogP contribution in [0.1, 0.15) is 68.4 Å². The van der Waals surface area contributed by atoms with Crippen LogP contribution < -0.4 is 5.63 Å². The summed E-state index contributed by atoms with van der Waals surface area (Å²) in [6, 6.07) is 1.35. The van der Waals surface area contributed by atoms with Gasteiger partial charge in [0.25, 0.3) is 0 Å². The maximum Gasteiger partial charge on any atom is 0.336 e. The summed E-state index contributed by atoms with van der Waals surface area (Å²) in [5, 5.41) is 21.8. The number of hydrogen-bond acceptors (Lipinski definition) is 5. The number of aryl methyl sites for hydroxylation is 1. The van der Waals surface area contributed by atoms with Crippen LogP contribution in [-0.4, -0.2) is 16.0 Å². The smallest absolute Gasteiger partial charge is 0.336 e. The average molecular weight is 358 g/mol. The van der Waals surface area contributed by atoms with Crippen molar-refractivity contribution in [1.82, 2.24) is 0 Å². The Morgan fingerprint density at radius 1 is 1.15 bits per heavy atom. The molecule has 1 aromatic carbocycles. The maximum atomic E-state index is 12.5. The van der Waals surface area contributed by atoms with Crippen LogP contribution in [0.3, 0.4) is 0 Å². The fourth-order valence-electron chi connectivity index (χ4n) is 3.09. The number of hydrogen-bond donors (Lipinski definition) is 2. The Hall–Kier alpha value is -2.56. The normalized spacial score (nSPS) is 10.9. The van der Waals surface area contributed by atoms with Crippen LogP contribution in [0.2, 0.25) is 0 Å². The van der Waals surface area contributed by atoms with E-state index in [1.54, 1.807) is 0 Å². The lowest BCUT2D eigenvalue weighted by Crippen LogP contribution is -2.07. The van der Waals surface area contributed by atoms with Gasteiger partial charge in [0.2, 0.25) is 0 Å². The minimum Gasteiger partial charge on any atom is -0.507 e. The minimum absolute atomic E-state index is 0.0808. The molecule has 0 amide bonds.